The van der Waals surface area contributed by atoms with Crippen molar-refractivity contribution < 1.29 is 9.84 Å². The maximum atomic E-state index is 12.9. The largest absolute Gasteiger partial charge is 0.494 e. The molecule has 0 atom stereocenters. The Hall–Kier alpha value is -2.38. The molecule has 7 nitrogen and oxygen atoms in total. The highest BCUT2D eigenvalue weighted by Gasteiger charge is 2.19. The maximum absolute atomic E-state index is 12.9. The molecule has 0 amide bonds. The molecule has 2 aromatic heterocycles. The van der Waals surface area contributed by atoms with E-state index in [9.17, 15) is 9.90 Å². The summed E-state index contributed by atoms with van der Waals surface area (Å²) in [5.41, 5.74) is 1.80. The average molecular weight is 356 g/mol. The van der Waals surface area contributed by atoms with Gasteiger partial charge in [-0.2, -0.15) is 0 Å². The number of morpholine rings is 1. The van der Waals surface area contributed by atoms with Crippen LogP contribution in [0.1, 0.15) is 18.9 Å². The van der Waals surface area contributed by atoms with Gasteiger partial charge in [-0.15, -0.1) is 0 Å². The van der Waals surface area contributed by atoms with Crippen molar-refractivity contribution in [1.29, 1.82) is 0 Å². The van der Waals surface area contributed by atoms with Crippen LogP contribution in [-0.4, -0.2) is 56.8 Å². The number of fused-ring (bicyclic) bond motifs is 3. The van der Waals surface area contributed by atoms with Crippen LogP contribution in [-0.2, 0) is 17.7 Å². The van der Waals surface area contributed by atoms with Gasteiger partial charge in [-0.3, -0.25) is 14.3 Å². The van der Waals surface area contributed by atoms with Gasteiger partial charge < -0.3 is 9.84 Å². The lowest BCUT2D eigenvalue weighted by atomic mass is 10.2. The summed E-state index contributed by atoms with van der Waals surface area (Å²) in [6.07, 6.45) is 1.36. The van der Waals surface area contributed by atoms with Gasteiger partial charge in [-0.05, 0) is 25.0 Å². The standard InChI is InChI=1S/C19H24N4O3/c1-2-14-17(24)22(9-5-8-21-10-12-26-13-11-21)19-20-15-6-3-4-7-16(15)23(19)18(14)25/h3-4,6-7,24H,2,5,8-13H2,1H3. The summed E-state index contributed by atoms with van der Waals surface area (Å²) >= 11 is 0. The molecule has 1 saturated heterocycles. The number of hydrogen-bond donors (Lipinski definition) is 1. The minimum atomic E-state index is -0.182. The summed E-state index contributed by atoms with van der Waals surface area (Å²) in [6.45, 7) is 6.88. The van der Waals surface area contributed by atoms with Gasteiger partial charge in [0.05, 0.1) is 29.8 Å². The van der Waals surface area contributed by atoms with E-state index in [4.69, 9.17) is 4.74 Å². The topological polar surface area (TPSA) is 72.0 Å². The van der Waals surface area contributed by atoms with Gasteiger partial charge in [-0.1, -0.05) is 19.1 Å². The van der Waals surface area contributed by atoms with Gasteiger partial charge in [0.25, 0.3) is 5.56 Å². The SMILES string of the molecule is CCc1c(O)n(CCCN2CCOCC2)c2nc3ccccc3n2c1=O. The molecular formula is C19H24N4O3. The number of aromatic hydroxyl groups is 1. The zero-order valence-electron chi connectivity index (χ0n) is 15.0. The Kier molecular flexibility index (Phi) is 4.65. The first-order valence-electron chi connectivity index (χ1n) is 9.22. The number of aryl methyl sites for hydroxylation is 1. The predicted octanol–water partition coefficient (Wildman–Crippen LogP) is 1.64. The molecule has 26 heavy (non-hydrogen) atoms. The van der Waals surface area contributed by atoms with Crippen molar-refractivity contribution in [3.63, 3.8) is 0 Å². The number of ether oxygens (including phenoxy) is 1. The fourth-order valence-electron chi connectivity index (χ4n) is 3.68. The monoisotopic (exact) mass is 356 g/mol. The minimum Gasteiger partial charge on any atom is -0.494 e. The summed E-state index contributed by atoms with van der Waals surface area (Å²) in [6, 6.07) is 7.59. The molecule has 0 bridgehead atoms. The highest BCUT2D eigenvalue weighted by Crippen LogP contribution is 2.22. The van der Waals surface area contributed by atoms with Crippen molar-refractivity contribution in [2.45, 2.75) is 26.3 Å². The summed E-state index contributed by atoms with van der Waals surface area (Å²) in [5.74, 6) is 0.551. The van der Waals surface area contributed by atoms with E-state index in [1.807, 2.05) is 31.2 Å². The molecule has 1 aliphatic heterocycles. The Morgan fingerprint density at radius 2 is 1.96 bits per heavy atom. The fourth-order valence-corrected chi connectivity index (χ4v) is 3.68. The van der Waals surface area contributed by atoms with Crippen LogP contribution in [0.25, 0.3) is 16.8 Å². The number of para-hydroxylation sites is 2. The molecule has 1 N–H and O–H groups in total. The lowest BCUT2D eigenvalue weighted by Gasteiger charge is -2.26. The van der Waals surface area contributed by atoms with Gasteiger partial charge in [0.2, 0.25) is 11.7 Å². The van der Waals surface area contributed by atoms with Crippen LogP contribution in [0.5, 0.6) is 5.88 Å². The van der Waals surface area contributed by atoms with Crippen LogP contribution < -0.4 is 5.56 Å². The second-order valence-electron chi connectivity index (χ2n) is 6.66. The van der Waals surface area contributed by atoms with E-state index in [2.05, 4.69) is 9.88 Å². The van der Waals surface area contributed by atoms with Crippen molar-refractivity contribution in [2.24, 2.45) is 0 Å². The summed E-state index contributed by atoms with van der Waals surface area (Å²) in [7, 11) is 0. The second kappa shape index (κ2) is 7.09. The van der Waals surface area contributed by atoms with Gasteiger partial charge in [-0.25, -0.2) is 9.38 Å². The van der Waals surface area contributed by atoms with Gasteiger partial charge in [0, 0.05) is 26.2 Å². The Morgan fingerprint density at radius 1 is 1.19 bits per heavy atom. The number of benzene rings is 1. The molecule has 0 saturated carbocycles. The molecule has 3 heterocycles. The Bertz CT molecular complexity index is 986. The maximum Gasteiger partial charge on any atom is 0.266 e. The Balaban J connectivity index is 1.73. The minimum absolute atomic E-state index is 0.0438. The van der Waals surface area contributed by atoms with E-state index in [1.54, 1.807) is 8.97 Å². The summed E-state index contributed by atoms with van der Waals surface area (Å²) in [5, 5.41) is 10.7. The molecule has 0 spiro atoms. The first-order chi connectivity index (χ1) is 12.7. The molecule has 1 aromatic carbocycles. The zero-order valence-corrected chi connectivity index (χ0v) is 15.0. The number of imidazole rings is 1. The van der Waals surface area contributed by atoms with Crippen LogP contribution in [0, 0.1) is 0 Å². The molecule has 3 aromatic rings. The highest BCUT2D eigenvalue weighted by molar-refractivity contribution is 5.79. The normalized spacial score (nSPS) is 15.9. The molecule has 1 fully saturated rings. The van der Waals surface area contributed by atoms with Crippen LogP contribution in [0.15, 0.2) is 29.1 Å². The average Bonchev–Trinajstić information content (AvgIpc) is 3.05. The number of nitrogens with zero attached hydrogens (tertiary/aromatic N) is 4. The van der Waals surface area contributed by atoms with Crippen LogP contribution in [0.4, 0.5) is 0 Å². The molecular weight excluding hydrogens is 332 g/mol. The first kappa shape index (κ1) is 17.1. The smallest absolute Gasteiger partial charge is 0.266 e. The molecule has 1 aliphatic rings. The van der Waals surface area contributed by atoms with E-state index in [-0.39, 0.29) is 11.4 Å². The second-order valence-corrected chi connectivity index (χ2v) is 6.66. The molecule has 138 valence electrons. The molecule has 7 heteroatoms. The predicted molar refractivity (Wildman–Crippen MR) is 99.9 cm³/mol. The number of hydrogen-bond acceptors (Lipinski definition) is 5. The molecule has 0 radical (unpaired) electrons. The lowest BCUT2D eigenvalue weighted by Crippen LogP contribution is -2.37. The third-order valence-corrected chi connectivity index (χ3v) is 5.08. The van der Waals surface area contributed by atoms with Crippen molar-refractivity contribution >= 4 is 16.8 Å². The lowest BCUT2D eigenvalue weighted by molar-refractivity contribution is 0.0369. The van der Waals surface area contributed by atoms with E-state index >= 15 is 0 Å². The van der Waals surface area contributed by atoms with Crippen LogP contribution in [0.2, 0.25) is 0 Å². The van der Waals surface area contributed by atoms with Crippen molar-refractivity contribution in [2.75, 3.05) is 32.8 Å². The summed E-state index contributed by atoms with van der Waals surface area (Å²) < 4.78 is 8.79. The van der Waals surface area contributed by atoms with Crippen LogP contribution >= 0.6 is 0 Å². The Morgan fingerprint density at radius 3 is 2.73 bits per heavy atom. The summed E-state index contributed by atoms with van der Waals surface area (Å²) in [4.78, 5) is 19.8. The number of aromatic nitrogens is 3. The Labute approximate surface area is 151 Å². The van der Waals surface area contributed by atoms with Gasteiger partial charge in [0.1, 0.15) is 0 Å². The van der Waals surface area contributed by atoms with Crippen molar-refractivity contribution in [3.8, 4) is 5.88 Å². The number of rotatable bonds is 5. The van der Waals surface area contributed by atoms with E-state index < -0.39 is 0 Å². The van der Waals surface area contributed by atoms with E-state index in [1.165, 1.54) is 0 Å². The van der Waals surface area contributed by atoms with Gasteiger partial charge in [0.15, 0.2) is 0 Å². The zero-order chi connectivity index (χ0) is 18.1. The van der Waals surface area contributed by atoms with Crippen molar-refractivity contribution in [3.05, 3.63) is 40.2 Å². The third kappa shape index (κ3) is 2.87. The molecule has 0 unspecified atom stereocenters. The van der Waals surface area contributed by atoms with E-state index in [0.29, 0.717) is 24.3 Å². The van der Waals surface area contributed by atoms with Crippen molar-refractivity contribution in [1.82, 2.24) is 18.9 Å². The van der Waals surface area contributed by atoms with Gasteiger partial charge >= 0.3 is 0 Å². The third-order valence-electron chi connectivity index (χ3n) is 5.08. The van der Waals surface area contributed by atoms with Crippen LogP contribution in [0.3, 0.4) is 0 Å². The molecule has 4 rings (SSSR count). The first-order valence-corrected chi connectivity index (χ1v) is 9.22. The van der Waals surface area contributed by atoms with E-state index in [0.717, 1.165) is 50.3 Å². The fraction of sp³-hybridized carbons (Fsp3) is 0.474. The molecule has 0 aliphatic carbocycles. The highest BCUT2D eigenvalue weighted by atomic mass is 16.5. The quantitative estimate of drug-likeness (QED) is 0.752.